The molecule has 0 aromatic heterocycles. The molecule has 29 heavy (non-hydrogen) atoms. The normalized spacial score (nSPS) is 18.1. The Morgan fingerprint density at radius 1 is 0.793 bits per heavy atom. The minimum Gasteiger partial charge on any atom is -0.445 e. The molecule has 1 aliphatic rings. The number of alkyl carbamates (subject to hydrolysis) is 1. The monoisotopic (exact) mass is 386 g/mol. The van der Waals surface area contributed by atoms with Crippen molar-refractivity contribution in [3.05, 3.63) is 108 Å². The van der Waals surface area contributed by atoms with Crippen molar-refractivity contribution in [2.45, 2.75) is 37.6 Å². The van der Waals surface area contributed by atoms with E-state index in [1.54, 1.807) is 0 Å². The molecule has 0 aliphatic heterocycles. The zero-order chi connectivity index (χ0) is 19.9. The maximum Gasteiger partial charge on any atom is 0.407 e. The van der Waals surface area contributed by atoms with Crippen LogP contribution in [0.3, 0.4) is 0 Å². The maximum atomic E-state index is 12.2. The first kappa shape index (κ1) is 19.2. The third-order valence-corrected chi connectivity index (χ3v) is 5.44. The van der Waals surface area contributed by atoms with Gasteiger partial charge in [-0.2, -0.15) is 0 Å². The van der Waals surface area contributed by atoms with Crippen molar-refractivity contribution < 1.29 is 9.53 Å². The molecule has 3 aromatic rings. The predicted molar refractivity (Wildman–Crippen MR) is 114 cm³/mol. The molecular formula is C25H26N2O2. The summed E-state index contributed by atoms with van der Waals surface area (Å²) in [5, 5.41) is 6.77. The summed E-state index contributed by atoms with van der Waals surface area (Å²) in [5.74, 6) is 0. The van der Waals surface area contributed by atoms with Gasteiger partial charge in [0.05, 0.1) is 6.04 Å². The first-order chi connectivity index (χ1) is 14.3. The Hall–Kier alpha value is -3.11. The van der Waals surface area contributed by atoms with Crippen molar-refractivity contribution in [1.29, 1.82) is 0 Å². The second-order valence-corrected chi connectivity index (χ2v) is 7.42. The lowest BCUT2D eigenvalue weighted by molar-refractivity contribution is 0.122. The van der Waals surface area contributed by atoms with Gasteiger partial charge in [-0.25, -0.2) is 4.79 Å². The molecule has 0 spiro atoms. The molecule has 4 rings (SSSR count). The highest BCUT2D eigenvalue weighted by Gasteiger charge is 2.34. The molecule has 1 fully saturated rings. The summed E-state index contributed by atoms with van der Waals surface area (Å²) in [6, 6.07) is 31.0. The van der Waals surface area contributed by atoms with E-state index in [1.807, 2.05) is 42.5 Å². The van der Waals surface area contributed by atoms with E-state index in [2.05, 4.69) is 59.2 Å². The van der Waals surface area contributed by atoms with Crippen LogP contribution in [0.1, 0.15) is 35.6 Å². The number of hydrogen-bond acceptors (Lipinski definition) is 3. The van der Waals surface area contributed by atoms with E-state index in [9.17, 15) is 4.79 Å². The Morgan fingerprint density at radius 2 is 1.31 bits per heavy atom. The molecule has 148 valence electrons. The molecule has 0 heterocycles. The minimum absolute atomic E-state index is 0.0770. The Morgan fingerprint density at radius 3 is 1.83 bits per heavy atom. The molecule has 1 aliphatic carbocycles. The van der Waals surface area contributed by atoms with Gasteiger partial charge in [0.2, 0.25) is 0 Å². The minimum atomic E-state index is -0.360. The van der Waals surface area contributed by atoms with Gasteiger partial charge in [-0.1, -0.05) is 91.0 Å². The first-order valence-electron chi connectivity index (χ1n) is 10.1. The van der Waals surface area contributed by atoms with Crippen LogP contribution in [0.5, 0.6) is 0 Å². The number of nitrogens with one attached hydrogen (secondary N) is 2. The highest BCUT2D eigenvalue weighted by Crippen LogP contribution is 2.28. The lowest BCUT2D eigenvalue weighted by atomic mass is 9.84. The molecule has 4 nitrogen and oxygen atoms in total. The van der Waals surface area contributed by atoms with E-state index in [0.717, 1.165) is 18.4 Å². The number of amides is 1. The van der Waals surface area contributed by atoms with E-state index in [1.165, 1.54) is 11.1 Å². The van der Waals surface area contributed by atoms with Crippen LogP contribution in [-0.2, 0) is 11.3 Å². The molecule has 1 amide bonds. The van der Waals surface area contributed by atoms with E-state index >= 15 is 0 Å². The predicted octanol–water partition coefficient (Wildman–Crippen LogP) is 4.82. The van der Waals surface area contributed by atoms with Crippen molar-refractivity contribution in [2.75, 3.05) is 0 Å². The van der Waals surface area contributed by atoms with Crippen molar-refractivity contribution in [3.8, 4) is 0 Å². The van der Waals surface area contributed by atoms with Gasteiger partial charge in [0.1, 0.15) is 6.61 Å². The van der Waals surface area contributed by atoms with Gasteiger partial charge in [-0.15, -0.1) is 0 Å². The van der Waals surface area contributed by atoms with E-state index < -0.39 is 0 Å². The molecule has 0 saturated heterocycles. The summed E-state index contributed by atoms with van der Waals surface area (Å²) in [7, 11) is 0. The van der Waals surface area contributed by atoms with Crippen molar-refractivity contribution in [3.63, 3.8) is 0 Å². The third-order valence-electron chi connectivity index (χ3n) is 5.44. The quantitative estimate of drug-likeness (QED) is 0.612. The van der Waals surface area contributed by atoms with Gasteiger partial charge in [-0.05, 0) is 29.5 Å². The van der Waals surface area contributed by atoms with Crippen LogP contribution in [0, 0.1) is 0 Å². The second kappa shape index (κ2) is 9.39. The second-order valence-electron chi connectivity index (χ2n) is 7.42. The molecular weight excluding hydrogens is 360 g/mol. The summed E-state index contributed by atoms with van der Waals surface area (Å²) < 4.78 is 5.38. The SMILES string of the molecule is O=C(N[C@@H]1CC[C@H]1NC(c1ccccc1)c1ccccc1)OCc1ccccc1. The average Bonchev–Trinajstić information content (AvgIpc) is 2.78. The van der Waals surface area contributed by atoms with E-state index in [-0.39, 0.29) is 30.8 Å². The van der Waals surface area contributed by atoms with Crippen LogP contribution in [0.4, 0.5) is 4.79 Å². The zero-order valence-corrected chi connectivity index (χ0v) is 16.3. The fourth-order valence-electron chi connectivity index (χ4n) is 3.68. The Kier molecular flexibility index (Phi) is 6.22. The smallest absolute Gasteiger partial charge is 0.407 e. The first-order valence-corrected chi connectivity index (χ1v) is 10.1. The molecule has 0 unspecified atom stereocenters. The average molecular weight is 386 g/mol. The summed E-state index contributed by atoms with van der Waals surface area (Å²) in [6.45, 7) is 0.286. The highest BCUT2D eigenvalue weighted by molar-refractivity contribution is 5.68. The van der Waals surface area contributed by atoms with Gasteiger partial charge in [0.15, 0.2) is 0 Å². The van der Waals surface area contributed by atoms with Crippen LogP contribution in [0.2, 0.25) is 0 Å². The highest BCUT2D eigenvalue weighted by atomic mass is 16.5. The Labute approximate surface area is 171 Å². The molecule has 2 N–H and O–H groups in total. The van der Waals surface area contributed by atoms with Gasteiger partial charge in [0, 0.05) is 12.1 Å². The number of rotatable bonds is 7. The molecule has 4 heteroatoms. The summed E-state index contributed by atoms with van der Waals surface area (Å²) in [4.78, 5) is 12.2. The largest absolute Gasteiger partial charge is 0.445 e. The lowest BCUT2D eigenvalue weighted by Gasteiger charge is -2.40. The third kappa shape index (κ3) is 5.04. The number of carbonyl (C=O) groups is 1. The number of hydrogen-bond donors (Lipinski definition) is 2. The summed E-state index contributed by atoms with van der Waals surface area (Å²) in [6.07, 6.45) is 1.62. The Bertz CT molecular complexity index is 860. The van der Waals surface area contributed by atoms with Gasteiger partial charge in [0.25, 0.3) is 0 Å². The van der Waals surface area contributed by atoms with E-state index in [4.69, 9.17) is 4.74 Å². The van der Waals surface area contributed by atoms with Gasteiger partial charge < -0.3 is 15.4 Å². The fourth-order valence-corrected chi connectivity index (χ4v) is 3.68. The fraction of sp³-hybridized carbons (Fsp3) is 0.240. The summed E-state index contributed by atoms with van der Waals surface area (Å²) in [5.41, 5.74) is 3.42. The van der Waals surface area contributed by atoms with Crippen molar-refractivity contribution in [2.24, 2.45) is 0 Å². The maximum absolute atomic E-state index is 12.2. The van der Waals surface area contributed by atoms with Crippen molar-refractivity contribution in [1.82, 2.24) is 10.6 Å². The van der Waals surface area contributed by atoms with Gasteiger partial charge in [-0.3, -0.25) is 0 Å². The van der Waals surface area contributed by atoms with Crippen LogP contribution < -0.4 is 10.6 Å². The standard InChI is InChI=1S/C25H26N2O2/c28-25(29-18-19-10-4-1-5-11-19)27-23-17-16-22(23)26-24(20-12-6-2-7-13-20)21-14-8-3-9-15-21/h1-15,22-24,26H,16-18H2,(H,27,28)/t22-,23-/m1/s1. The van der Waals surface area contributed by atoms with Crippen LogP contribution in [-0.4, -0.2) is 18.2 Å². The topological polar surface area (TPSA) is 50.4 Å². The molecule has 2 atom stereocenters. The molecule has 0 bridgehead atoms. The molecule has 0 radical (unpaired) electrons. The van der Waals surface area contributed by atoms with Crippen LogP contribution in [0.25, 0.3) is 0 Å². The molecule has 1 saturated carbocycles. The van der Waals surface area contributed by atoms with Crippen LogP contribution >= 0.6 is 0 Å². The van der Waals surface area contributed by atoms with E-state index in [0.29, 0.717) is 0 Å². The number of benzene rings is 3. The lowest BCUT2D eigenvalue weighted by Crippen LogP contribution is -2.57. The zero-order valence-electron chi connectivity index (χ0n) is 16.3. The van der Waals surface area contributed by atoms with Crippen LogP contribution in [0.15, 0.2) is 91.0 Å². The summed E-state index contributed by atoms with van der Waals surface area (Å²) >= 11 is 0. The number of ether oxygens (including phenoxy) is 1. The van der Waals surface area contributed by atoms with Crippen molar-refractivity contribution >= 4 is 6.09 Å². The molecule has 3 aromatic carbocycles. The Balaban J connectivity index is 1.36. The number of carbonyl (C=O) groups excluding carboxylic acids is 1. The van der Waals surface area contributed by atoms with Gasteiger partial charge >= 0.3 is 6.09 Å².